The van der Waals surface area contributed by atoms with E-state index in [0.717, 1.165) is 19.5 Å². The summed E-state index contributed by atoms with van der Waals surface area (Å²) in [6.07, 6.45) is 21.7. The first-order valence-corrected chi connectivity index (χ1v) is 12.6. The lowest BCUT2D eigenvalue weighted by Crippen LogP contribution is -2.41. The minimum atomic E-state index is -0.103. The number of nitrogens with zero attached hydrogens (tertiary/aromatic N) is 1. The fourth-order valence-corrected chi connectivity index (χ4v) is 3.78. The van der Waals surface area contributed by atoms with Gasteiger partial charge in [0.25, 0.3) is 0 Å². The van der Waals surface area contributed by atoms with Gasteiger partial charge in [-0.05, 0) is 39.8 Å². The fourth-order valence-electron chi connectivity index (χ4n) is 3.78. The molecule has 0 rings (SSSR count). The normalized spacial score (nSPS) is 12.5. The summed E-state index contributed by atoms with van der Waals surface area (Å²) in [7, 11) is 0. The molecule has 3 nitrogen and oxygen atoms in total. The molecule has 0 aromatic carbocycles. The van der Waals surface area contributed by atoms with Crippen LogP contribution < -0.4 is 0 Å². The Balaban J connectivity index is 3.62. The van der Waals surface area contributed by atoms with Crippen molar-refractivity contribution in [3.8, 4) is 0 Å². The fraction of sp³-hybridized carbons (Fsp3) is 0.960. The smallest absolute Gasteiger partial charge is 0.323 e. The zero-order valence-corrected chi connectivity index (χ0v) is 19.8. The molecule has 0 N–H and O–H groups in total. The van der Waals surface area contributed by atoms with Crippen molar-refractivity contribution in [1.29, 1.82) is 0 Å². The molecule has 28 heavy (non-hydrogen) atoms. The zero-order valence-electron chi connectivity index (χ0n) is 19.8. The molecule has 0 bridgehead atoms. The van der Waals surface area contributed by atoms with Gasteiger partial charge in [0.15, 0.2) is 0 Å². The summed E-state index contributed by atoms with van der Waals surface area (Å²) in [6, 6.07) is -0.103. The molecule has 0 amide bonds. The Morgan fingerprint density at radius 1 is 0.643 bits per heavy atom. The lowest BCUT2D eigenvalue weighted by molar-refractivity contribution is -0.148. The summed E-state index contributed by atoms with van der Waals surface area (Å²) in [6.45, 7) is 10.9. The Hall–Kier alpha value is -0.570. The molecule has 0 heterocycles. The highest BCUT2D eigenvalue weighted by Crippen LogP contribution is 2.14. The van der Waals surface area contributed by atoms with Gasteiger partial charge < -0.3 is 4.74 Å². The molecule has 1 unspecified atom stereocenters. The van der Waals surface area contributed by atoms with Crippen LogP contribution in [-0.2, 0) is 9.53 Å². The van der Waals surface area contributed by atoms with Crippen molar-refractivity contribution in [2.24, 2.45) is 0 Å². The first-order valence-electron chi connectivity index (χ1n) is 12.6. The summed E-state index contributed by atoms with van der Waals surface area (Å²) in [5.74, 6) is -0.0658. The van der Waals surface area contributed by atoms with Crippen molar-refractivity contribution < 1.29 is 9.53 Å². The van der Waals surface area contributed by atoms with E-state index >= 15 is 0 Å². The Labute approximate surface area is 177 Å². The number of hydrogen-bond donors (Lipinski definition) is 0. The molecule has 0 aliphatic carbocycles. The first kappa shape index (κ1) is 27.4. The van der Waals surface area contributed by atoms with Crippen LogP contribution in [0.5, 0.6) is 0 Å². The number of ether oxygens (including phenoxy) is 1. The third kappa shape index (κ3) is 16.4. The highest BCUT2D eigenvalue weighted by molar-refractivity contribution is 5.75. The van der Waals surface area contributed by atoms with Crippen molar-refractivity contribution in [3.63, 3.8) is 0 Å². The van der Waals surface area contributed by atoms with Gasteiger partial charge in [-0.15, -0.1) is 0 Å². The van der Waals surface area contributed by atoms with Gasteiger partial charge in [-0.2, -0.15) is 0 Å². The maximum absolute atomic E-state index is 12.0. The molecular formula is C25H51NO2. The quantitative estimate of drug-likeness (QED) is 0.148. The number of carbonyl (C=O) groups excluding carboxylic acids is 1. The standard InChI is InChI=1S/C25H51NO2/c1-5-8-10-11-12-13-14-15-16-17-18-19-20-21-23-26(22-9-6-2)24(4)25(27)28-7-3/h24H,5-23H2,1-4H3. The lowest BCUT2D eigenvalue weighted by atomic mass is 10.0. The van der Waals surface area contributed by atoms with Crippen molar-refractivity contribution >= 4 is 5.97 Å². The van der Waals surface area contributed by atoms with Gasteiger partial charge >= 0.3 is 5.97 Å². The highest BCUT2D eigenvalue weighted by Gasteiger charge is 2.21. The molecule has 0 spiro atoms. The number of carbonyl (C=O) groups is 1. The van der Waals surface area contributed by atoms with Gasteiger partial charge in [-0.25, -0.2) is 0 Å². The number of rotatable bonds is 21. The van der Waals surface area contributed by atoms with Crippen LogP contribution in [0, 0.1) is 0 Å². The molecule has 0 fully saturated rings. The highest BCUT2D eigenvalue weighted by atomic mass is 16.5. The largest absolute Gasteiger partial charge is 0.465 e. The van der Waals surface area contributed by atoms with Crippen molar-refractivity contribution in [2.45, 2.75) is 136 Å². The summed E-state index contributed by atoms with van der Waals surface area (Å²) in [4.78, 5) is 14.4. The molecule has 0 aliphatic heterocycles. The van der Waals surface area contributed by atoms with Crippen molar-refractivity contribution in [3.05, 3.63) is 0 Å². The van der Waals surface area contributed by atoms with Gasteiger partial charge in [0.2, 0.25) is 0 Å². The van der Waals surface area contributed by atoms with Crippen LogP contribution in [0.2, 0.25) is 0 Å². The Kier molecular flexibility index (Phi) is 20.7. The van der Waals surface area contributed by atoms with E-state index in [1.807, 2.05) is 13.8 Å². The van der Waals surface area contributed by atoms with E-state index in [1.54, 1.807) is 0 Å². The Morgan fingerprint density at radius 2 is 1.04 bits per heavy atom. The zero-order chi connectivity index (χ0) is 20.9. The van der Waals surface area contributed by atoms with E-state index < -0.39 is 0 Å². The second-order valence-electron chi connectivity index (χ2n) is 8.41. The summed E-state index contributed by atoms with van der Waals surface area (Å²) >= 11 is 0. The van der Waals surface area contributed by atoms with Gasteiger partial charge in [-0.3, -0.25) is 9.69 Å². The van der Waals surface area contributed by atoms with Gasteiger partial charge in [0.05, 0.1) is 6.61 Å². The maximum atomic E-state index is 12.0. The van der Waals surface area contributed by atoms with E-state index in [2.05, 4.69) is 18.7 Å². The van der Waals surface area contributed by atoms with Crippen molar-refractivity contribution in [2.75, 3.05) is 19.7 Å². The molecule has 3 heteroatoms. The number of unbranched alkanes of at least 4 members (excludes halogenated alkanes) is 14. The predicted molar refractivity (Wildman–Crippen MR) is 123 cm³/mol. The van der Waals surface area contributed by atoms with E-state index in [9.17, 15) is 4.79 Å². The van der Waals surface area contributed by atoms with E-state index in [-0.39, 0.29) is 12.0 Å². The second-order valence-corrected chi connectivity index (χ2v) is 8.41. The molecule has 1 atom stereocenters. The third-order valence-corrected chi connectivity index (χ3v) is 5.77. The Bertz CT molecular complexity index is 333. The lowest BCUT2D eigenvalue weighted by Gasteiger charge is -2.27. The minimum absolute atomic E-state index is 0.0658. The third-order valence-electron chi connectivity index (χ3n) is 5.77. The number of hydrogen-bond acceptors (Lipinski definition) is 3. The topological polar surface area (TPSA) is 29.5 Å². The van der Waals surface area contributed by atoms with Gasteiger partial charge in [0.1, 0.15) is 6.04 Å². The van der Waals surface area contributed by atoms with Crippen LogP contribution in [0.1, 0.15) is 130 Å². The van der Waals surface area contributed by atoms with Crippen LogP contribution in [0.3, 0.4) is 0 Å². The van der Waals surface area contributed by atoms with Crippen LogP contribution in [0.4, 0.5) is 0 Å². The molecule has 0 saturated carbocycles. The summed E-state index contributed by atoms with van der Waals surface area (Å²) in [5, 5.41) is 0. The maximum Gasteiger partial charge on any atom is 0.323 e. The average Bonchev–Trinajstić information content (AvgIpc) is 2.70. The summed E-state index contributed by atoms with van der Waals surface area (Å²) in [5.41, 5.74) is 0. The Morgan fingerprint density at radius 3 is 1.46 bits per heavy atom. The van der Waals surface area contributed by atoms with Crippen LogP contribution >= 0.6 is 0 Å². The van der Waals surface area contributed by atoms with Crippen LogP contribution in [0.15, 0.2) is 0 Å². The van der Waals surface area contributed by atoms with Gasteiger partial charge in [0, 0.05) is 0 Å². The molecule has 168 valence electrons. The second kappa shape index (κ2) is 21.1. The predicted octanol–water partition coefficient (Wildman–Crippen LogP) is 7.52. The van der Waals surface area contributed by atoms with E-state index in [1.165, 1.54) is 96.3 Å². The molecule has 0 aromatic heterocycles. The van der Waals surface area contributed by atoms with Crippen molar-refractivity contribution in [1.82, 2.24) is 4.90 Å². The monoisotopic (exact) mass is 397 g/mol. The molecule has 0 saturated heterocycles. The van der Waals surface area contributed by atoms with Crippen LogP contribution in [0.25, 0.3) is 0 Å². The minimum Gasteiger partial charge on any atom is -0.465 e. The molecule has 0 radical (unpaired) electrons. The van der Waals surface area contributed by atoms with Crippen LogP contribution in [-0.4, -0.2) is 36.6 Å². The van der Waals surface area contributed by atoms with E-state index in [4.69, 9.17) is 4.74 Å². The molecular weight excluding hydrogens is 346 g/mol. The average molecular weight is 398 g/mol. The molecule has 0 aliphatic rings. The van der Waals surface area contributed by atoms with Gasteiger partial charge in [-0.1, -0.05) is 104 Å². The first-order chi connectivity index (χ1) is 13.7. The molecule has 0 aromatic rings. The number of esters is 1. The SMILES string of the molecule is CCCCCCCCCCCCCCCCN(CCCC)C(C)C(=O)OCC. The summed E-state index contributed by atoms with van der Waals surface area (Å²) < 4.78 is 5.21. The van der Waals surface area contributed by atoms with E-state index in [0.29, 0.717) is 6.61 Å².